The highest BCUT2D eigenvalue weighted by atomic mass is 19.1. The van der Waals surface area contributed by atoms with Gasteiger partial charge in [0.25, 0.3) is 0 Å². The number of hydrogen-bond acceptors (Lipinski definition) is 2. The molecule has 0 aliphatic rings. The zero-order valence-electron chi connectivity index (χ0n) is 10.7. The van der Waals surface area contributed by atoms with Crippen LogP contribution in [-0.4, -0.2) is 13.9 Å². The summed E-state index contributed by atoms with van der Waals surface area (Å²) >= 11 is 0. The van der Waals surface area contributed by atoms with Crippen molar-refractivity contribution in [2.24, 2.45) is 0 Å². The Labute approximate surface area is 97.4 Å². The van der Waals surface area contributed by atoms with Crippen LogP contribution < -0.4 is 4.74 Å². The summed E-state index contributed by atoms with van der Waals surface area (Å²) in [6.45, 7) is 8.21. The molecule has 0 fully saturated rings. The molecule has 0 unspecified atom stereocenters. The van der Waals surface area contributed by atoms with Crippen LogP contribution in [0.1, 0.15) is 39.2 Å². The van der Waals surface area contributed by atoms with Crippen LogP contribution in [0.5, 0.6) is 5.75 Å². The number of methoxy groups -OCH3 is 1. The molecule has 3 heteroatoms. The van der Waals surface area contributed by atoms with E-state index in [-0.39, 0.29) is 12.6 Å². The van der Waals surface area contributed by atoms with E-state index in [1.807, 2.05) is 27.7 Å². The van der Waals surface area contributed by atoms with Crippen LogP contribution in [0.4, 0.5) is 4.39 Å². The van der Waals surface area contributed by atoms with E-state index in [0.29, 0.717) is 11.7 Å². The van der Waals surface area contributed by atoms with Gasteiger partial charge in [-0.2, -0.15) is 0 Å². The minimum absolute atomic E-state index is 0.142. The summed E-state index contributed by atoms with van der Waals surface area (Å²) in [6.07, 6.45) is 0. The molecule has 1 aromatic carbocycles. The fourth-order valence-electron chi connectivity index (χ4n) is 1.23. The van der Waals surface area contributed by atoms with E-state index in [2.05, 4.69) is 0 Å². The van der Waals surface area contributed by atoms with Crippen LogP contribution in [-0.2, 0) is 4.74 Å². The van der Waals surface area contributed by atoms with Gasteiger partial charge in [-0.05, 0) is 17.5 Å². The molecule has 92 valence electrons. The highest BCUT2D eigenvalue weighted by molar-refractivity contribution is 5.36. The molecule has 0 saturated heterocycles. The summed E-state index contributed by atoms with van der Waals surface area (Å²) < 4.78 is 23.0. The Balaban J connectivity index is 0.00000106. The predicted octanol–water partition coefficient (Wildman–Crippen LogP) is 3.96. The van der Waals surface area contributed by atoms with E-state index in [4.69, 9.17) is 9.47 Å². The Bertz CT molecular complexity index is 298. The minimum Gasteiger partial charge on any atom is -0.467 e. The highest BCUT2D eigenvalue weighted by Gasteiger charge is 2.08. The van der Waals surface area contributed by atoms with Crippen molar-refractivity contribution >= 4 is 0 Å². The molecule has 1 aromatic rings. The van der Waals surface area contributed by atoms with Gasteiger partial charge in [0.05, 0.1) is 0 Å². The molecule has 0 atom stereocenters. The van der Waals surface area contributed by atoms with Gasteiger partial charge < -0.3 is 9.47 Å². The first kappa shape index (κ1) is 14.9. The molecule has 0 spiro atoms. The van der Waals surface area contributed by atoms with E-state index in [1.165, 1.54) is 19.2 Å². The Hall–Kier alpha value is -1.09. The lowest BCUT2D eigenvalue weighted by Gasteiger charge is -2.13. The molecule has 0 radical (unpaired) electrons. The SMILES string of the molecule is CC.COCOc1cc(F)ccc1C(C)C. The Morgan fingerprint density at radius 3 is 2.38 bits per heavy atom. The van der Waals surface area contributed by atoms with Gasteiger partial charge in [-0.25, -0.2) is 4.39 Å². The van der Waals surface area contributed by atoms with Crippen molar-refractivity contribution in [2.45, 2.75) is 33.6 Å². The monoisotopic (exact) mass is 228 g/mol. The lowest BCUT2D eigenvalue weighted by Crippen LogP contribution is -2.03. The second kappa shape index (κ2) is 8.11. The molecule has 0 saturated carbocycles. The molecular formula is C13H21FO2. The minimum atomic E-state index is -0.291. The van der Waals surface area contributed by atoms with Gasteiger partial charge in [-0.15, -0.1) is 0 Å². The summed E-state index contributed by atoms with van der Waals surface area (Å²) in [5.41, 5.74) is 0.989. The molecule has 0 amide bonds. The first-order chi connectivity index (χ1) is 7.65. The summed E-state index contributed by atoms with van der Waals surface area (Å²) in [5, 5.41) is 0. The average Bonchev–Trinajstić information content (AvgIpc) is 2.28. The Morgan fingerprint density at radius 1 is 1.25 bits per heavy atom. The molecule has 16 heavy (non-hydrogen) atoms. The zero-order chi connectivity index (χ0) is 12.6. The molecular weight excluding hydrogens is 207 g/mol. The summed E-state index contributed by atoms with van der Waals surface area (Å²) in [6, 6.07) is 4.56. The maximum absolute atomic E-state index is 12.9. The van der Waals surface area contributed by atoms with Gasteiger partial charge in [-0.1, -0.05) is 33.8 Å². The quantitative estimate of drug-likeness (QED) is 0.726. The topological polar surface area (TPSA) is 18.5 Å². The van der Waals surface area contributed by atoms with Crippen molar-refractivity contribution in [3.63, 3.8) is 0 Å². The van der Waals surface area contributed by atoms with Crippen LogP contribution >= 0.6 is 0 Å². The van der Waals surface area contributed by atoms with Crippen LogP contribution in [0, 0.1) is 5.82 Å². The van der Waals surface area contributed by atoms with Gasteiger partial charge in [0, 0.05) is 13.2 Å². The van der Waals surface area contributed by atoms with Crippen LogP contribution in [0.15, 0.2) is 18.2 Å². The van der Waals surface area contributed by atoms with Crippen LogP contribution in [0.25, 0.3) is 0 Å². The Kier molecular flexibility index (Phi) is 7.56. The van der Waals surface area contributed by atoms with E-state index < -0.39 is 0 Å². The predicted molar refractivity (Wildman–Crippen MR) is 64.3 cm³/mol. The average molecular weight is 228 g/mol. The summed E-state index contributed by atoms with van der Waals surface area (Å²) in [4.78, 5) is 0. The van der Waals surface area contributed by atoms with Crippen molar-refractivity contribution in [1.29, 1.82) is 0 Å². The van der Waals surface area contributed by atoms with Crippen molar-refractivity contribution in [2.75, 3.05) is 13.9 Å². The van der Waals surface area contributed by atoms with Crippen molar-refractivity contribution in [1.82, 2.24) is 0 Å². The van der Waals surface area contributed by atoms with Crippen molar-refractivity contribution < 1.29 is 13.9 Å². The largest absolute Gasteiger partial charge is 0.467 e. The molecule has 0 aliphatic heterocycles. The first-order valence-corrected chi connectivity index (χ1v) is 5.56. The number of halogens is 1. The van der Waals surface area contributed by atoms with Crippen molar-refractivity contribution in [3.8, 4) is 5.75 Å². The summed E-state index contributed by atoms with van der Waals surface area (Å²) in [7, 11) is 1.54. The molecule has 0 aliphatic carbocycles. The van der Waals surface area contributed by atoms with E-state index in [1.54, 1.807) is 6.07 Å². The first-order valence-electron chi connectivity index (χ1n) is 5.56. The third-order valence-corrected chi connectivity index (χ3v) is 1.93. The maximum atomic E-state index is 12.9. The second-order valence-electron chi connectivity index (χ2n) is 3.39. The number of hydrogen-bond donors (Lipinski definition) is 0. The second-order valence-corrected chi connectivity index (χ2v) is 3.39. The summed E-state index contributed by atoms with van der Waals surface area (Å²) in [5.74, 6) is 0.574. The van der Waals surface area contributed by atoms with E-state index in [0.717, 1.165) is 5.56 Å². The normalized spacial score (nSPS) is 9.69. The van der Waals surface area contributed by atoms with Crippen LogP contribution in [0.2, 0.25) is 0 Å². The standard InChI is InChI=1S/C11H15FO2.C2H6/c1-8(2)10-5-4-9(12)6-11(10)14-7-13-3;1-2/h4-6,8H,7H2,1-3H3;1-2H3. The molecule has 0 aromatic heterocycles. The fraction of sp³-hybridized carbons (Fsp3) is 0.538. The lowest BCUT2D eigenvalue weighted by atomic mass is 10.0. The Morgan fingerprint density at radius 2 is 1.88 bits per heavy atom. The highest BCUT2D eigenvalue weighted by Crippen LogP contribution is 2.27. The van der Waals surface area contributed by atoms with E-state index in [9.17, 15) is 4.39 Å². The molecule has 0 bridgehead atoms. The maximum Gasteiger partial charge on any atom is 0.188 e. The van der Waals surface area contributed by atoms with Gasteiger partial charge in [-0.3, -0.25) is 0 Å². The van der Waals surface area contributed by atoms with E-state index >= 15 is 0 Å². The lowest BCUT2D eigenvalue weighted by molar-refractivity contribution is 0.0500. The van der Waals surface area contributed by atoms with Gasteiger partial charge in [0.2, 0.25) is 0 Å². The molecule has 0 N–H and O–H groups in total. The smallest absolute Gasteiger partial charge is 0.188 e. The third-order valence-electron chi connectivity index (χ3n) is 1.93. The molecule has 2 nitrogen and oxygen atoms in total. The van der Waals surface area contributed by atoms with Gasteiger partial charge in [0.15, 0.2) is 6.79 Å². The van der Waals surface area contributed by atoms with Gasteiger partial charge in [0.1, 0.15) is 11.6 Å². The molecule has 1 rings (SSSR count). The number of ether oxygens (including phenoxy) is 2. The van der Waals surface area contributed by atoms with Crippen LogP contribution in [0.3, 0.4) is 0 Å². The molecule has 0 heterocycles. The number of rotatable bonds is 4. The zero-order valence-corrected chi connectivity index (χ0v) is 10.7. The van der Waals surface area contributed by atoms with Crippen molar-refractivity contribution in [3.05, 3.63) is 29.6 Å². The third kappa shape index (κ3) is 4.62. The fourth-order valence-corrected chi connectivity index (χ4v) is 1.23. The number of benzene rings is 1. The van der Waals surface area contributed by atoms with Gasteiger partial charge >= 0.3 is 0 Å².